The lowest BCUT2D eigenvalue weighted by atomic mass is 10.5. The molecule has 0 aliphatic rings. The zero-order chi connectivity index (χ0) is 7.11. The highest BCUT2D eigenvalue weighted by molar-refractivity contribution is 7.09. The average Bonchev–Trinajstić information content (AvgIpc) is 2.20. The first kappa shape index (κ1) is 8.17. The molecule has 2 nitrogen and oxygen atoms in total. The molecule has 1 heterocycles. The van der Waals surface area contributed by atoms with E-state index in [1.54, 1.807) is 11.3 Å². The van der Waals surface area contributed by atoms with Crippen LogP contribution < -0.4 is 0 Å². The molecule has 0 atom stereocenters. The molecule has 1 rings (SSSR count). The van der Waals surface area contributed by atoms with E-state index in [2.05, 4.69) is 24.4 Å². The molecule has 0 bridgehead atoms. The molecular formula is C6H8O2S. The van der Waals surface area contributed by atoms with Crippen LogP contribution in [0.5, 0.6) is 0 Å². The van der Waals surface area contributed by atoms with Gasteiger partial charge >= 0.3 is 0 Å². The van der Waals surface area contributed by atoms with E-state index in [0.717, 1.165) is 0 Å². The molecule has 1 aromatic heterocycles. The first-order valence-electron chi connectivity index (χ1n) is 2.39. The van der Waals surface area contributed by atoms with Gasteiger partial charge in [0.15, 0.2) is 0 Å². The fourth-order valence-corrected chi connectivity index (χ4v) is 0.890. The van der Waals surface area contributed by atoms with Crippen LogP contribution in [0.3, 0.4) is 0 Å². The summed E-state index contributed by atoms with van der Waals surface area (Å²) >= 11 is 1.78. The van der Waals surface area contributed by atoms with Crippen molar-refractivity contribution in [3.05, 3.63) is 22.4 Å². The molecule has 0 spiro atoms. The van der Waals surface area contributed by atoms with Gasteiger partial charge in [-0.15, -0.1) is 11.3 Å². The van der Waals surface area contributed by atoms with Gasteiger partial charge in [-0.05, 0) is 18.4 Å². The number of aryl methyl sites for hydroxylation is 1. The second kappa shape index (κ2) is 5.31. The minimum Gasteiger partial charge on any atom is -0.483 e. The Bertz CT molecular complexity index is 146. The molecular weight excluding hydrogens is 136 g/mol. The Morgan fingerprint density at radius 2 is 2.33 bits per heavy atom. The molecule has 1 aromatic rings. The largest absolute Gasteiger partial charge is 0.483 e. The zero-order valence-corrected chi connectivity index (χ0v) is 5.89. The van der Waals surface area contributed by atoms with Gasteiger partial charge < -0.3 is 5.11 Å². The van der Waals surface area contributed by atoms with Crippen molar-refractivity contribution in [2.24, 2.45) is 0 Å². The average molecular weight is 144 g/mol. The van der Waals surface area contributed by atoms with Crippen LogP contribution in [0, 0.1) is 6.92 Å². The lowest BCUT2D eigenvalue weighted by Gasteiger charge is -1.65. The summed E-state index contributed by atoms with van der Waals surface area (Å²) in [7, 11) is 0. The van der Waals surface area contributed by atoms with Crippen LogP contribution in [0.1, 0.15) is 4.88 Å². The Kier molecular flexibility index (Phi) is 4.82. The Balaban J connectivity index is 0.000000187. The van der Waals surface area contributed by atoms with Gasteiger partial charge in [0, 0.05) is 4.88 Å². The fourth-order valence-electron chi connectivity index (χ4n) is 0.361. The van der Waals surface area contributed by atoms with Crippen molar-refractivity contribution in [2.75, 3.05) is 0 Å². The van der Waals surface area contributed by atoms with Crippen LogP contribution >= 0.6 is 11.3 Å². The van der Waals surface area contributed by atoms with Crippen LogP contribution in [0.15, 0.2) is 17.5 Å². The molecule has 1 N–H and O–H groups in total. The van der Waals surface area contributed by atoms with Gasteiger partial charge in [0.1, 0.15) is 0 Å². The number of rotatable bonds is 0. The minimum absolute atomic E-state index is 0.250. The monoisotopic (exact) mass is 144 g/mol. The zero-order valence-electron chi connectivity index (χ0n) is 5.07. The Hall–Kier alpha value is -0.830. The molecule has 0 fully saturated rings. The second-order valence-electron chi connectivity index (χ2n) is 1.33. The topological polar surface area (TPSA) is 37.3 Å². The van der Waals surface area contributed by atoms with Gasteiger partial charge in [0.05, 0.1) is 0 Å². The van der Waals surface area contributed by atoms with Crippen LogP contribution in [0.25, 0.3) is 0 Å². The Labute approximate surface area is 57.8 Å². The van der Waals surface area contributed by atoms with E-state index in [0.29, 0.717) is 0 Å². The van der Waals surface area contributed by atoms with E-state index < -0.39 is 0 Å². The summed E-state index contributed by atoms with van der Waals surface area (Å²) in [6, 6.07) is 4.16. The van der Waals surface area contributed by atoms with E-state index in [1.807, 2.05) is 0 Å². The van der Waals surface area contributed by atoms with Gasteiger partial charge in [0.2, 0.25) is 0 Å². The quantitative estimate of drug-likeness (QED) is 0.563. The molecule has 0 aliphatic heterocycles. The summed E-state index contributed by atoms with van der Waals surface area (Å²) in [5.74, 6) is 0. The predicted octanol–water partition coefficient (Wildman–Crippen LogP) is 1.76. The maximum absolute atomic E-state index is 8.36. The molecule has 0 radical (unpaired) electrons. The molecule has 9 heavy (non-hydrogen) atoms. The van der Waals surface area contributed by atoms with Gasteiger partial charge in [-0.25, -0.2) is 0 Å². The minimum atomic E-state index is -0.250. The van der Waals surface area contributed by atoms with Crippen molar-refractivity contribution >= 4 is 17.8 Å². The van der Waals surface area contributed by atoms with Gasteiger partial charge in [-0.3, -0.25) is 4.79 Å². The molecule has 0 saturated carbocycles. The maximum Gasteiger partial charge on any atom is 0.290 e. The van der Waals surface area contributed by atoms with Crippen molar-refractivity contribution in [1.82, 2.24) is 0 Å². The third-order valence-electron chi connectivity index (χ3n) is 0.663. The van der Waals surface area contributed by atoms with Crippen molar-refractivity contribution in [1.29, 1.82) is 0 Å². The van der Waals surface area contributed by atoms with E-state index in [1.165, 1.54) is 4.88 Å². The standard InChI is InChI=1S/C5H6S.CH2O2/c1-5-3-2-4-6-5;2-1-3/h2-4H,1H3;1H,(H,2,3). The highest BCUT2D eigenvalue weighted by atomic mass is 32.1. The highest BCUT2D eigenvalue weighted by Gasteiger charge is 1.74. The molecule has 0 amide bonds. The van der Waals surface area contributed by atoms with E-state index in [-0.39, 0.29) is 6.47 Å². The van der Waals surface area contributed by atoms with E-state index in [9.17, 15) is 0 Å². The molecule has 50 valence electrons. The van der Waals surface area contributed by atoms with Gasteiger partial charge in [-0.1, -0.05) is 6.07 Å². The first-order valence-corrected chi connectivity index (χ1v) is 3.27. The Morgan fingerprint density at radius 1 is 1.78 bits per heavy atom. The SMILES string of the molecule is Cc1cccs1.O=CO. The highest BCUT2D eigenvalue weighted by Crippen LogP contribution is 2.03. The summed E-state index contributed by atoms with van der Waals surface area (Å²) in [5.41, 5.74) is 0. The maximum atomic E-state index is 8.36. The molecule has 0 saturated heterocycles. The van der Waals surface area contributed by atoms with Gasteiger partial charge in [-0.2, -0.15) is 0 Å². The Morgan fingerprint density at radius 3 is 2.44 bits per heavy atom. The van der Waals surface area contributed by atoms with E-state index in [4.69, 9.17) is 9.90 Å². The summed E-state index contributed by atoms with van der Waals surface area (Å²) in [6.07, 6.45) is 0. The van der Waals surface area contributed by atoms with Crippen LogP contribution in [-0.4, -0.2) is 11.6 Å². The van der Waals surface area contributed by atoms with Crippen molar-refractivity contribution in [2.45, 2.75) is 6.92 Å². The third kappa shape index (κ3) is 5.03. The summed E-state index contributed by atoms with van der Waals surface area (Å²) in [4.78, 5) is 9.75. The lowest BCUT2D eigenvalue weighted by molar-refractivity contribution is -0.122. The van der Waals surface area contributed by atoms with E-state index >= 15 is 0 Å². The molecule has 0 unspecified atom stereocenters. The number of carboxylic acid groups (broad SMARTS) is 1. The van der Waals surface area contributed by atoms with Crippen molar-refractivity contribution in [3.8, 4) is 0 Å². The number of thiophene rings is 1. The molecule has 0 aliphatic carbocycles. The fraction of sp³-hybridized carbons (Fsp3) is 0.167. The predicted molar refractivity (Wildman–Crippen MR) is 37.7 cm³/mol. The van der Waals surface area contributed by atoms with Crippen LogP contribution in [0.2, 0.25) is 0 Å². The molecule has 0 aromatic carbocycles. The number of hydrogen-bond donors (Lipinski definition) is 1. The third-order valence-corrected chi connectivity index (χ3v) is 1.46. The van der Waals surface area contributed by atoms with Crippen LogP contribution in [0.4, 0.5) is 0 Å². The van der Waals surface area contributed by atoms with Crippen LogP contribution in [-0.2, 0) is 4.79 Å². The summed E-state index contributed by atoms with van der Waals surface area (Å²) in [6.45, 7) is 1.85. The molecule has 3 heteroatoms. The normalized spacial score (nSPS) is 7.22. The summed E-state index contributed by atoms with van der Waals surface area (Å²) < 4.78 is 0. The number of carbonyl (C=O) groups is 1. The van der Waals surface area contributed by atoms with Crippen molar-refractivity contribution in [3.63, 3.8) is 0 Å². The summed E-state index contributed by atoms with van der Waals surface area (Å²) in [5, 5.41) is 8.97. The second-order valence-corrected chi connectivity index (χ2v) is 2.48. The van der Waals surface area contributed by atoms with Gasteiger partial charge in [0.25, 0.3) is 6.47 Å². The smallest absolute Gasteiger partial charge is 0.290 e. The lowest BCUT2D eigenvalue weighted by Crippen LogP contribution is -1.49. The van der Waals surface area contributed by atoms with Crippen molar-refractivity contribution < 1.29 is 9.90 Å². The number of hydrogen-bond acceptors (Lipinski definition) is 2. The first-order chi connectivity index (χ1) is 4.31.